The van der Waals surface area contributed by atoms with Gasteiger partial charge < -0.3 is 10.4 Å². The van der Waals surface area contributed by atoms with E-state index in [0.717, 1.165) is 19.5 Å². The first kappa shape index (κ1) is 11.5. The lowest BCUT2D eigenvalue weighted by Gasteiger charge is -2.18. The fourth-order valence-corrected chi connectivity index (χ4v) is 4.49. The second-order valence-corrected chi connectivity index (χ2v) is 6.55. The molecule has 1 aromatic heterocycles. The smallest absolute Gasteiger partial charge is 0.116 e. The number of phenols is 1. The van der Waals surface area contributed by atoms with Gasteiger partial charge in [-0.3, -0.25) is 0 Å². The number of hydrogen-bond donors (Lipinski definition) is 2. The molecule has 19 heavy (non-hydrogen) atoms. The standard InChI is InChI=1S/C16H17NOS/c18-12-6-10-3-4-11-8-17-9-14(13(7-12)16(10)11)15-2-1-5-19-15/h1-2,5-7,11,14,17-18H,3-4,8-9H2/t11-,14-/m0/s1. The Hall–Kier alpha value is -1.32. The van der Waals surface area contributed by atoms with Gasteiger partial charge >= 0.3 is 0 Å². The van der Waals surface area contributed by atoms with Gasteiger partial charge in [0.2, 0.25) is 0 Å². The van der Waals surface area contributed by atoms with E-state index in [1.54, 1.807) is 0 Å². The van der Waals surface area contributed by atoms with Gasteiger partial charge in [0.15, 0.2) is 0 Å². The highest BCUT2D eigenvalue weighted by Crippen LogP contribution is 2.44. The molecule has 0 unspecified atom stereocenters. The molecule has 4 rings (SSSR count). The molecule has 0 radical (unpaired) electrons. The monoisotopic (exact) mass is 271 g/mol. The third kappa shape index (κ3) is 1.80. The SMILES string of the molecule is Oc1cc2c3c(c1)[C@@H](c1cccs1)CNC[C@@H]3CC2. The normalized spacial score (nSPS) is 25.1. The van der Waals surface area contributed by atoms with Crippen molar-refractivity contribution in [3.05, 3.63) is 51.2 Å². The van der Waals surface area contributed by atoms with Gasteiger partial charge in [-0.25, -0.2) is 0 Å². The maximum Gasteiger partial charge on any atom is 0.116 e. The molecule has 2 nitrogen and oxygen atoms in total. The summed E-state index contributed by atoms with van der Waals surface area (Å²) in [7, 11) is 0. The Kier molecular flexibility index (Phi) is 2.64. The molecular formula is C16H17NOS. The van der Waals surface area contributed by atoms with Crippen LogP contribution >= 0.6 is 11.3 Å². The van der Waals surface area contributed by atoms with Crippen LogP contribution < -0.4 is 5.32 Å². The molecule has 0 spiro atoms. The van der Waals surface area contributed by atoms with Gasteiger partial charge in [0, 0.05) is 23.9 Å². The summed E-state index contributed by atoms with van der Waals surface area (Å²) in [5.74, 6) is 1.46. The van der Waals surface area contributed by atoms with Crippen LogP contribution in [0.3, 0.4) is 0 Å². The summed E-state index contributed by atoms with van der Waals surface area (Å²) < 4.78 is 0. The summed E-state index contributed by atoms with van der Waals surface area (Å²) in [6.07, 6.45) is 2.33. The summed E-state index contributed by atoms with van der Waals surface area (Å²) in [4.78, 5) is 1.40. The zero-order valence-corrected chi connectivity index (χ0v) is 11.5. The fraction of sp³-hybridized carbons (Fsp3) is 0.375. The number of benzene rings is 1. The third-order valence-electron chi connectivity index (χ3n) is 4.45. The first-order valence-electron chi connectivity index (χ1n) is 6.92. The fourth-order valence-electron chi connectivity index (χ4n) is 3.65. The van der Waals surface area contributed by atoms with E-state index in [1.165, 1.54) is 28.0 Å². The Labute approximate surface area is 117 Å². The zero-order valence-electron chi connectivity index (χ0n) is 10.7. The van der Waals surface area contributed by atoms with Gasteiger partial charge in [-0.1, -0.05) is 6.07 Å². The van der Waals surface area contributed by atoms with Gasteiger partial charge in [-0.15, -0.1) is 11.3 Å². The maximum absolute atomic E-state index is 10.0. The van der Waals surface area contributed by atoms with Crippen LogP contribution in [0.15, 0.2) is 29.6 Å². The first-order chi connectivity index (χ1) is 9.33. The van der Waals surface area contributed by atoms with Crippen molar-refractivity contribution in [3.8, 4) is 5.75 Å². The lowest BCUT2D eigenvalue weighted by Crippen LogP contribution is -2.22. The zero-order chi connectivity index (χ0) is 12.8. The van der Waals surface area contributed by atoms with Crippen molar-refractivity contribution in [2.45, 2.75) is 24.7 Å². The number of aromatic hydroxyl groups is 1. The molecule has 98 valence electrons. The van der Waals surface area contributed by atoms with Gasteiger partial charge in [-0.2, -0.15) is 0 Å². The minimum atomic E-state index is 0.393. The molecule has 1 aromatic carbocycles. The Morgan fingerprint density at radius 1 is 1.26 bits per heavy atom. The van der Waals surface area contributed by atoms with E-state index in [1.807, 2.05) is 23.5 Å². The number of nitrogens with one attached hydrogen (secondary N) is 1. The van der Waals surface area contributed by atoms with Crippen LogP contribution in [0, 0.1) is 0 Å². The predicted octanol–water partition coefficient (Wildman–Crippen LogP) is 3.22. The Bertz CT molecular complexity index is 605. The Balaban J connectivity index is 1.91. The van der Waals surface area contributed by atoms with Crippen molar-refractivity contribution in [1.82, 2.24) is 5.32 Å². The van der Waals surface area contributed by atoms with Gasteiger partial charge in [-0.05, 0) is 59.0 Å². The molecule has 2 atom stereocenters. The quantitative estimate of drug-likeness (QED) is 0.834. The van der Waals surface area contributed by atoms with Crippen LogP contribution in [0.4, 0.5) is 0 Å². The minimum absolute atomic E-state index is 0.393. The molecule has 2 aromatic rings. The predicted molar refractivity (Wildman–Crippen MR) is 78.2 cm³/mol. The Morgan fingerprint density at radius 3 is 3.05 bits per heavy atom. The maximum atomic E-state index is 10.0. The molecule has 0 fully saturated rings. The highest BCUT2D eigenvalue weighted by atomic mass is 32.1. The molecule has 2 heterocycles. The molecule has 0 bridgehead atoms. The van der Waals surface area contributed by atoms with E-state index in [2.05, 4.69) is 22.8 Å². The molecule has 2 aliphatic rings. The van der Waals surface area contributed by atoms with Crippen LogP contribution in [-0.4, -0.2) is 18.2 Å². The molecule has 1 aliphatic heterocycles. The molecule has 3 heteroatoms. The number of rotatable bonds is 1. The Morgan fingerprint density at radius 2 is 2.21 bits per heavy atom. The van der Waals surface area contributed by atoms with E-state index < -0.39 is 0 Å². The summed E-state index contributed by atoms with van der Waals surface area (Å²) in [5.41, 5.74) is 4.23. The highest BCUT2D eigenvalue weighted by molar-refractivity contribution is 7.10. The average molecular weight is 271 g/mol. The van der Waals surface area contributed by atoms with Gasteiger partial charge in [0.25, 0.3) is 0 Å². The van der Waals surface area contributed by atoms with Crippen molar-refractivity contribution in [2.24, 2.45) is 0 Å². The van der Waals surface area contributed by atoms with Crippen LogP contribution in [0.2, 0.25) is 0 Å². The van der Waals surface area contributed by atoms with Crippen molar-refractivity contribution in [3.63, 3.8) is 0 Å². The average Bonchev–Trinajstić information content (AvgIpc) is 3.00. The van der Waals surface area contributed by atoms with Gasteiger partial charge in [0.1, 0.15) is 5.75 Å². The number of thiophene rings is 1. The molecule has 0 saturated carbocycles. The van der Waals surface area contributed by atoms with E-state index in [-0.39, 0.29) is 0 Å². The van der Waals surface area contributed by atoms with Gasteiger partial charge in [0.05, 0.1) is 0 Å². The van der Waals surface area contributed by atoms with Crippen molar-refractivity contribution < 1.29 is 5.11 Å². The van der Waals surface area contributed by atoms with E-state index in [4.69, 9.17) is 0 Å². The summed E-state index contributed by atoms with van der Waals surface area (Å²) >= 11 is 1.81. The van der Waals surface area contributed by atoms with Crippen molar-refractivity contribution >= 4 is 11.3 Å². The first-order valence-corrected chi connectivity index (χ1v) is 7.80. The molecule has 0 amide bonds. The topological polar surface area (TPSA) is 32.3 Å². The number of aryl methyl sites for hydroxylation is 1. The summed E-state index contributed by atoms with van der Waals surface area (Å²) in [6, 6.07) is 8.29. The highest BCUT2D eigenvalue weighted by Gasteiger charge is 2.32. The van der Waals surface area contributed by atoms with E-state index in [0.29, 0.717) is 17.6 Å². The summed E-state index contributed by atoms with van der Waals surface area (Å²) in [5, 5.41) is 15.8. The summed E-state index contributed by atoms with van der Waals surface area (Å²) in [6.45, 7) is 2.06. The molecule has 0 saturated heterocycles. The van der Waals surface area contributed by atoms with E-state index in [9.17, 15) is 5.11 Å². The van der Waals surface area contributed by atoms with Crippen molar-refractivity contribution in [1.29, 1.82) is 0 Å². The van der Waals surface area contributed by atoms with Crippen molar-refractivity contribution in [2.75, 3.05) is 13.1 Å². The van der Waals surface area contributed by atoms with Crippen LogP contribution in [0.25, 0.3) is 0 Å². The number of phenolic OH excluding ortho intramolecular Hbond substituents is 1. The van der Waals surface area contributed by atoms with Crippen LogP contribution in [-0.2, 0) is 6.42 Å². The number of hydrogen-bond acceptors (Lipinski definition) is 3. The minimum Gasteiger partial charge on any atom is -0.508 e. The lowest BCUT2D eigenvalue weighted by atomic mass is 9.88. The molecule has 1 aliphatic carbocycles. The second kappa shape index (κ2) is 4.36. The third-order valence-corrected chi connectivity index (χ3v) is 5.44. The van der Waals surface area contributed by atoms with E-state index >= 15 is 0 Å². The van der Waals surface area contributed by atoms with Crippen LogP contribution in [0.5, 0.6) is 5.75 Å². The van der Waals surface area contributed by atoms with Crippen LogP contribution in [0.1, 0.15) is 39.8 Å². The largest absolute Gasteiger partial charge is 0.508 e. The molecular weight excluding hydrogens is 254 g/mol. The lowest BCUT2D eigenvalue weighted by molar-refractivity contribution is 0.473. The second-order valence-electron chi connectivity index (χ2n) is 5.57. The molecule has 2 N–H and O–H groups in total.